The van der Waals surface area contributed by atoms with Crippen LogP contribution in [-0.2, 0) is 4.79 Å². The van der Waals surface area contributed by atoms with Gasteiger partial charge >= 0.3 is 5.97 Å². The average Bonchev–Trinajstić information content (AvgIpc) is 2.44. The maximum absolute atomic E-state index is 12.0. The van der Waals surface area contributed by atoms with Gasteiger partial charge in [-0.25, -0.2) is 4.79 Å². The lowest BCUT2D eigenvalue weighted by atomic mass is 10.1. The Kier molecular flexibility index (Phi) is 5.83. The number of hydrogen-bond donors (Lipinski definition) is 1. The van der Waals surface area contributed by atoms with Crippen molar-refractivity contribution in [3.8, 4) is 11.5 Å². The molecule has 0 radical (unpaired) electrons. The van der Waals surface area contributed by atoms with Crippen molar-refractivity contribution in [3.05, 3.63) is 23.8 Å². The molecule has 0 aliphatic heterocycles. The van der Waals surface area contributed by atoms with Crippen LogP contribution in [0.15, 0.2) is 18.2 Å². The predicted molar refractivity (Wildman–Crippen MR) is 73.4 cm³/mol. The molecule has 1 rings (SSSR count). The Morgan fingerprint density at radius 3 is 2.45 bits per heavy atom. The Labute approximate surface area is 117 Å². The molecule has 110 valence electrons. The van der Waals surface area contributed by atoms with Crippen molar-refractivity contribution in [1.82, 2.24) is 4.90 Å². The first-order valence-electron chi connectivity index (χ1n) is 6.36. The molecule has 0 aliphatic rings. The zero-order chi connectivity index (χ0) is 15.1. The van der Waals surface area contributed by atoms with Crippen molar-refractivity contribution in [3.63, 3.8) is 0 Å². The highest BCUT2D eigenvalue weighted by Gasteiger charge is 2.14. The Morgan fingerprint density at radius 2 is 1.90 bits per heavy atom. The molecule has 6 heteroatoms. The first kappa shape index (κ1) is 15.8. The maximum atomic E-state index is 12.0. The minimum atomic E-state index is -1.07. The van der Waals surface area contributed by atoms with E-state index in [1.807, 2.05) is 6.92 Å². The van der Waals surface area contributed by atoms with Crippen LogP contribution in [0.4, 0.5) is 0 Å². The number of carbonyl (C=O) groups excluding carboxylic acids is 1. The summed E-state index contributed by atoms with van der Waals surface area (Å²) in [5.41, 5.74) is 0.473. The van der Waals surface area contributed by atoms with Gasteiger partial charge in [-0.3, -0.25) is 4.79 Å². The normalized spacial score (nSPS) is 9.95. The van der Waals surface area contributed by atoms with Gasteiger partial charge in [0, 0.05) is 19.2 Å². The molecule has 0 aromatic heterocycles. The third-order valence-corrected chi connectivity index (χ3v) is 2.66. The van der Waals surface area contributed by atoms with Gasteiger partial charge in [0.1, 0.15) is 0 Å². The summed E-state index contributed by atoms with van der Waals surface area (Å²) in [5.74, 6) is -0.523. The lowest BCUT2D eigenvalue weighted by Gasteiger charge is -2.16. The fourth-order valence-corrected chi connectivity index (χ4v) is 1.53. The van der Waals surface area contributed by atoms with Crippen molar-refractivity contribution in [2.75, 3.05) is 26.8 Å². The molecule has 0 unspecified atom stereocenters. The molecular formula is C14H19NO5. The molecule has 0 fully saturated rings. The lowest BCUT2D eigenvalue weighted by Crippen LogP contribution is -2.26. The average molecular weight is 281 g/mol. The summed E-state index contributed by atoms with van der Waals surface area (Å²) in [6, 6.07) is 4.70. The summed E-state index contributed by atoms with van der Waals surface area (Å²) in [6.07, 6.45) is 0. The highest BCUT2D eigenvalue weighted by Crippen LogP contribution is 2.28. The highest BCUT2D eigenvalue weighted by molar-refractivity contribution is 5.94. The molecule has 0 bridgehead atoms. The molecular weight excluding hydrogens is 262 g/mol. The molecule has 0 atom stereocenters. The number of carboxylic acid groups (broad SMARTS) is 1. The number of aliphatic carboxylic acids is 1. The minimum absolute atomic E-state index is 0.127. The van der Waals surface area contributed by atoms with Gasteiger partial charge in [-0.15, -0.1) is 0 Å². The van der Waals surface area contributed by atoms with E-state index in [-0.39, 0.29) is 5.91 Å². The maximum Gasteiger partial charge on any atom is 0.341 e. The fourth-order valence-electron chi connectivity index (χ4n) is 1.53. The van der Waals surface area contributed by atoms with E-state index in [1.165, 1.54) is 0 Å². The summed E-state index contributed by atoms with van der Waals surface area (Å²) in [4.78, 5) is 24.1. The molecule has 0 aliphatic carbocycles. The van der Waals surface area contributed by atoms with Crippen molar-refractivity contribution in [2.45, 2.75) is 13.8 Å². The van der Waals surface area contributed by atoms with Gasteiger partial charge in [0.2, 0.25) is 0 Å². The van der Waals surface area contributed by atoms with Crippen LogP contribution in [0.25, 0.3) is 0 Å². The van der Waals surface area contributed by atoms with E-state index < -0.39 is 12.6 Å². The Hall–Kier alpha value is -2.24. The van der Waals surface area contributed by atoms with E-state index >= 15 is 0 Å². The van der Waals surface area contributed by atoms with Gasteiger partial charge in [-0.2, -0.15) is 0 Å². The monoisotopic (exact) mass is 281 g/mol. The van der Waals surface area contributed by atoms with Gasteiger partial charge in [-0.05, 0) is 32.0 Å². The quantitative estimate of drug-likeness (QED) is 0.822. The molecule has 0 spiro atoms. The van der Waals surface area contributed by atoms with Gasteiger partial charge in [0.05, 0.1) is 6.61 Å². The largest absolute Gasteiger partial charge is 0.490 e. The van der Waals surface area contributed by atoms with E-state index in [0.29, 0.717) is 30.2 Å². The molecule has 0 saturated heterocycles. The van der Waals surface area contributed by atoms with Gasteiger partial charge in [-0.1, -0.05) is 0 Å². The van der Waals surface area contributed by atoms with E-state index in [2.05, 4.69) is 0 Å². The minimum Gasteiger partial charge on any atom is -0.490 e. The van der Waals surface area contributed by atoms with Gasteiger partial charge < -0.3 is 19.5 Å². The lowest BCUT2D eigenvalue weighted by molar-refractivity contribution is -0.139. The van der Waals surface area contributed by atoms with E-state index in [4.69, 9.17) is 14.6 Å². The zero-order valence-corrected chi connectivity index (χ0v) is 11.9. The number of nitrogens with zero attached hydrogens (tertiary/aromatic N) is 1. The fraction of sp³-hybridized carbons (Fsp3) is 0.429. The zero-order valence-electron chi connectivity index (χ0n) is 11.9. The number of benzene rings is 1. The molecule has 1 aromatic rings. The van der Waals surface area contributed by atoms with Crippen molar-refractivity contribution >= 4 is 11.9 Å². The summed E-state index contributed by atoms with van der Waals surface area (Å²) in [7, 11) is 1.71. The first-order chi connectivity index (χ1) is 9.49. The summed E-state index contributed by atoms with van der Waals surface area (Å²) >= 11 is 0. The summed E-state index contributed by atoms with van der Waals surface area (Å²) in [6.45, 7) is 4.21. The molecule has 1 amide bonds. The second kappa shape index (κ2) is 7.37. The predicted octanol–water partition coefficient (Wildman–Crippen LogP) is 1.64. The first-order valence-corrected chi connectivity index (χ1v) is 6.36. The van der Waals surface area contributed by atoms with Crippen LogP contribution >= 0.6 is 0 Å². The van der Waals surface area contributed by atoms with Gasteiger partial charge in [0.25, 0.3) is 5.91 Å². The summed E-state index contributed by atoms with van der Waals surface area (Å²) < 4.78 is 10.5. The van der Waals surface area contributed by atoms with E-state index in [0.717, 1.165) is 0 Å². The SMILES string of the molecule is CCOc1cc(C(=O)N(C)CC)ccc1OCC(=O)O. The topological polar surface area (TPSA) is 76.1 Å². The molecule has 1 aromatic carbocycles. The van der Waals surface area contributed by atoms with E-state index in [9.17, 15) is 9.59 Å². The molecule has 6 nitrogen and oxygen atoms in total. The molecule has 0 saturated carbocycles. The third kappa shape index (κ3) is 4.15. The number of carbonyl (C=O) groups is 2. The Balaban J connectivity index is 2.99. The number of carboxylic acids is 1. The number of ether oxygens (including phenoxy) is 2. The van der Waals surface area contributed by atoms with Crippen LogP contribution < -0.4 is 9.47 Å². The number of rotatable bonds is 7. The van der Waals surface area contributed by atoms with Gasteiger partial charge in [0.15, 0.2) is 18.1 Å². The van der Waals surface area contributed by atoms with Crippen LogP contribution in [0.1, 0.15) is 24.2 Å². The second-order valence-electron chi connectivity index (χ2n) is 4.10. The van der Waals surface area contributed by atoms with Crippen molar-refractivity contribution in [2.24, 2.45) is 0 Å². The highest BCUT2D eigenvalue weighted by atomic mass is 16.5. The van der Waals surface area contributed by atoms with Crippen LogP contribution in [0.5, 0.6) is 11.5 Å². The smallest absolute Gasteiger partial charge is 0.341 e. The van der Waals surface area contributed by atoms with Crippen LogP contribution in [0.2, 0.25) is 0 Å². The standard InChI is InChI=1S/C14H19NO5/c1-4-15(3)14(18)10-6-7-11(20-9-13(16)17)12(8-10)19-5-2/h6-8H,4-5,9H2,1-3H3,(H,16,17). The van der Waals surface area contributed by atoms with Crippen molar-refractivity contribution in [1.29, 1.82) is 0 Å². The Morgan fingerprint density at radius 1 is 1.20 bits per heavy atom. The second-order valence-corrected chi connectivity index (χ2v) is 4.10. The summed E-state index contributed by atoms with van der Waals surface area (Å²) in [5, 5.41) is 8.62. The number of hydrogen-bond acceptors (Lipinski definition) is 4. The molecule has 1 N–H and O–H groups in total. The molecule has 0 heterocycles. The Bertz CT molecular complexity index is 486. The van der Waals surface area contributed by atoms with Crippen molar-refractivity contribution < 1.29 is 24.2 Å². The van der Waals surface area contributed by atoms with Crippen LogP contribution in [-0.4, -0.2) is 48.7 Å². The number of amides is 1. The van der Waals surface area contributed by atoms with Crippen LogP contribution in [0, 0.1) is 0 Å². The molecule has 20 heavy (non-hydrogen) atoms. The van der Waals surface area contributed by atoms with E-state index in [1.54, 1.807) is 37.1 Å². The van der Waals surface area contributed by atoms with Crippen LogP contribution in [0.3, 0.4) is 0 Å². The third-order valence-electron chi connectivity index (χ3n) is 2.66.